The highest BCUT2D eigenvalue weighted by molar-refractivity contribution is 5.66. The van der Waals surface area contributed by atoms with Crippen LogP contribution < -0.4 is 0 Å². The summed E-state index contributed by atoms with van der Waals surface area (Å²) in [5.74, 6) is -0.466. The molecular formula is C16H30N2O4. The first kappa shape index (κ1) is 17.7. The lowest BCUT2D eigenvalue weighted by molar-refractivity contribution is -0.137. The Morgan fingerprint density at radius 3 is 2.36 bits per heavy atom. The molecule has 0 amide bonds. The van der Waals surface area contributed by atoms with Gasteiger partial charge in [0.2, 0.25) is 0 Å². The Morgan fingerprint density at radius 2 is 1.82 bits per heavy atom. The number of carbonyl (C=O) groups is 1. The number of aliphatic carboxylic acids is 1. The van der Waals surface area contributed by atoms with E-state index < -0.39 is 5.97 Å². The topological polar surface area (TPSA) is 73.2 Å². The van der Waals surface area contributed by atoms with E-state index in [-0.39, 0.29) is 24.4 Å². The SMILES string of the molecule is COCCN1CCC2(CC1)CCN(CCC(=O)O)C[C@H]2CO. The van der Waals surface area contributed by atoms with E-state index in [4.69, 9.17) is 9.84 Å². The number of ether oxygens (including phenoxy) is 1. The average Bonchev–Trinajstić information content (AvgIpc) is 2.53. The van der Waals surface area contributed by atoms with Crippen LogP contribution in [0.4, 0.5) is 0 Å². The summed E-state index contributed by atoms with van der Waals surface area (Å²) in [6, 6.07) is 0. The summed E-state index contributed by atoms with van der Waals surface area (Å²) >= 11 is 0. The van der Waals surface area contributed by atoms with Crippen LogP contribution in [-0.4, -0.2) is 85.6 Å². The maximum Gasteiger partial charge on any atom is 0.304 e. The van der Waals surface area contributed by atoms with Crippen molar-refractivity contribution < 1.29 is 19.7 Å². The second-order valence-electron chi connectivity index (χ2n) is 6.77. The Kier molecular flexibility index (Phi) is 6.62. The summed E-state index contributed by atoms with van der Waals surface area (Å²) in [7, 11) is 1.74. The molecule has 6 nitrogen and oxygen atoms in total. The molecule has 2 saturated heterocycles. The van der Waals surface area contributed by atoms with Crippen molar-refractivity contribution >= 4 is 5.97 Å². The van der Waals surface area contributed by atoms with Gasteiger partial charge in [0.05, 0.1) is 13.0 Å². The van der Waals surface area contributed by atoms with Gasteiger partial charge in [-0.2, -0.15) is 0 Å². The third-order valence-electron chi connectivity index (χ3n) is 5.60. The molecule has 2 aliphatic rings. The maximum absolute atomic E-state index is 10.7. The number of methoxy groups -OCH3 is 1. The fraction of sp³-hybridized carbons (Fsp3) is 0.938. The van der Waals surface area contributed by atoms with Crippen LogP contribution in [0.3, 0.4) is 0 Å². The molecule has 0 saturated carbocycles. The van der Waals surface area contributed by atoms with Crippen molar-refractivity contribution in [1.82, 2.24) is 9.80 Å². The first-order chi connectivity index (χ1) is 10.6. The first-order valence-electron chi connectivity index (χ1n) is 8.36. The molecule has 1 spiro atoms. The third-order valence-corrected chi connectivity index (χ3v) is 5.60. The lowest BCUT2D eigenvalue weighted by Crippen LogP contribution is -2.54. The molecule has 0 unspecified atom stereocenters. The Bertz CT molecular complexity index is 356. The minimum Gasteiger partial charge on any atom is -0.481 e. The van der Waals surface area contributed by atoms with Crippen LogP contribution in [-0.2, 0) is 9.53 Å². The molecule has 6 heteroatoms. The summed E-state index contributed by atoms with van der Waals surface area (Å²) in [5, 5.41) is 18.7. The van der Waals surface area contributed by atoms with Crippen LogP contribution in [0.5, 0.6) is 0 Å². The molecule has 2 fully saturated rings. The van der Waals surface area contributed by atoms with Gasteiger partial charge in [-0.05, 0) is 44.3 Å². The Morgan fingerprint density at radius 1 is 1.18 bits per heavy atom. The Balaban J connectivity index is 1.85. The van der Waals surface area contributed by atoms with Crippen LogP contribution in [0, 0.1) is 11.3 Å². The van der Waals surface area contributed by atoms with E-state index in [1.807, 2.05) is 0 Å². The molecule has 2 N–H and O–H groups in total. The molecule has 2 heterocycles. The number of piperidine rings is 2. The number of nitrogens with zero attached hydrogens (tertiary/aromatic N) is 2. The van der Waals surface area contributed by atoms with E-state index in [1.165, 1.54) is 0 Å². The molecule has 22 heavy (non-hydrogen) atoms. The molecule has 0 aromatic heterocycles. The van der Waals surface area contributed by atoms with Crippen LogP contribution in [0.15, 0.2) is 0 Å². The summed E-state index contributed by atoms with van der Waals surface area (Å²) in [5.41, 5.74) is 0.248. The molecule has 128 valence electrons. The van der Waals surface area contributed by atoms with E-state index in [9.17, 15) is 9.90 Å². The van der Waals surface area contributed by atoms with Gasteiger partial charge in [0.1, 0.15) is 0 Å². The van der Waals surface area contributed by atoms with Gasteiger partial charge >= 0.3 is 5.97 Å². The zero-order valence-electron chi connectivity index (χ0n) is 13.7. The number of hydrogen-bond acceptors (Lipinski definition) is 5. The maximum atomic E-state index is 10.7. The standard InChI is InChI=1S/C16H30N2O4/c1-22-11-10-17-7-3-16(4-8-17)5-9-18(6-2-15(20)21)12-14(16)13-19/h14,19H,2-13H2,1H3,(H,20,21)/t14-/m0/s1. The molecule has 2 aliphatic heterocycles. The Hall–Kier alpha value is -0.690. The molecule has 1 atom stereocenters. The smallest absolute Gasteiger partial charge is 0.304 e. The predicted octanol–water partition coefficient (Wildman–Crippen LogP) is 0.504. The number of carboxylic acids is 1. The molecular weight excluding hydrogens is 284 g/mol. The first-order valence-corrected chi connectivity index (χ1v) is 8.36. The highest BCUT2D eigenvalue weighted by Gasteiger charge is 2.44. The molecule has 0 aromatic rings. The van der Waals surface area contributed by atoms with E-state index in [2.05, 4.69) is 9.80 Å². The zero-order valence-corrected chi connectivity index (χ0v) is 13.7. The van der Waals surface area contributed by atoms with Gasteiger partial charge in [-0.15, -0.1) is 0 Å². The van der Waals surface area contributed by atoms with Crippen LogP contribution >= 0.6 is 0 Å². The summed E-state index contributed by atoms with van der Waals surface area (Å²) in [4.78, 5) is 15.4. The van der Waals surface area contributed by atoms with Crippen LogP contribution in [0.25, 0.3) is 0 Å². The van der Waals surface area contributed by atoms with E-state index in [0.717, 1.165) is 58.6 Å². The second-order valence-corrected chi connectivity index (χ2v) is 6.77. The van der Waals surface area contributed by atoms with Crippen molar-refractivity contribution in [2.75, 3.05) is 59.6 Å². The summed E-state index contributed by atoms with van der Waals surface area (Å²) in [6.45, 7) is 6.53. The van der Waals surface area contributed by atoms with Gasteiger partial charge in [0, 0.05) is 39.3 Å². The van der Waals surface area contributed by atoms with E-state index in [0.29, 0.717) is 6.54 Å². The van der Waals surface area contributed by atoms with Crippen molar-refractivity contribution in [1.29, 1.82) is 0 Å². The van der Waals surface area contributed by atoms with Gasteiger partial charge in [-0.25, -0.2) is 0 Å². The lowest BCUT2D eigenvalue weighted by atomic mass is 9.64. The van der Waals surface area contributed by atoms with Crippen LogP contribution in [0.1, 0.15) is 25.7 Å². The normalized spacial score (nSPS) is 26.4. The lowest BCUT2D eigenvalue weighted by Gasteiger charge is -2.51. The number of rotatable bonds is 7. The highest BCUT2D eigenvalue weighted by Crippen LogP contribution is 2.45. The quantitative estimate of drug-likeness (QED) is 0.713. The van der Waals surface area contributed by atoms with Crippen LogP contribution in [0.2, 0.25) is 0 Å². The molecule has 0 bridgehead atoms. The minimum absolute atomic E-state index is 0.190. The van der Waals surface area contributed by atoms with Crippen molar-refractivity contribution in [3.05, 3.63) is 0 Å². The fourth-order valence-corrected chi connectivity index (χ4v) is 3.99. The number of aliphatic hydroxyl groups is 1. The Labute approximate surface area is 133 Å². The number of hydrogen-bond donors (Lipinski definition) is 2. The molecule has 2 rings (SSSR count). The monoisotopic (exact) mass is 314 g/mol. The van der Waals surface area contributed by atoms with Crippen molar-refractivity contribution in [2.24, 2.45) is 11.3 Å². The van der Waals surface area contributed by atoms with Crippen molar-refractivity contribution in [3.63, 3.8) is 0 Å². The average molecular weight is 314 g/mol. The fourth-order valence-electron chi connectivity index (χ4n) is 3.99. The van der Waals surface area contributed by atoms with Gasteiger partial charge in [-0.3, -0.25) is 4.79 Å². The zero-order chi connectivity index (χ0) is 16.0. The van der Waals surface area contributed by atoms with Gasteiger partial charge in [0.15, 0.2) is 0 Å². The molecule has 0 aliphatic carbocycles. The molecule has 0 radical (unpaired) electrons. The van der Waals surface area contributed by atoms with Gasteiger partial charge in [0.25, 0.3) is 0 Å². The van der Waals surface area contributed by atoms with Gasteiger partial charge in [-0.1, -0.05) is 0 Å². The van der Waals surface area contributed by atoms with Crippen molar-refractivity contribution in [2.45, 2.75) is 25.7 Å². The van der Waals surface area contributed by atoms with Crippen molar-refractivity contribution in [3.8, 4) is 0 Å². The number of carboxylic acid groups (broad SMARTS) is 1. The third kappa shape index (κ3) is 4.41. The largest absolute Gasteiger partial charge is 0.481 e. The highest BCUT2D eigenvalue weighted by atomic mass is 16.5. The second kappa shape index (κ2) is 8.24. The molecule has 0 aromatic carbocycles. The number of likely N-dealkylation sites (tertiary alicyclic amines) is 2. The summed E-state index contributed by atoms with van der Waals surface area (Å²) in [6.07, 6.45) is 3.54. The number of aliphatic hydroxyl groups excluding tert-OH is 1. The van der Waals surface area contributed by atoms with E-state index in [1.54, 1.807) is 7.11 Å². The predicted molar refractivity (Wildman–Crippen MR) is 83.9 cm³/mol. The minimum atomic E-state index is -0.743. The van der Waals surface area contributed by atoms with Gasteiger partial charge < -0.3 is 24.7 Å². The van der Waals surface area contributed by atoms with E-state index >= 15 is 0 Å². The summed E-state index contributed by atoms with van der Waals surface area (Å²) < 4.78 is 5.15.